The molecule has 0 bridgehead atoms. The number of nitrogens with one attached hydrogen (secondary N) is 2. The van der Waals surface area contributed by atoms with Gasteiger partial charge in [-0.25, -0.2) is 0 Å². The molecule has 2 aromatic rings. The van der Waals surface area contributed by atoms with Gasteiger partial charge in [0.1, 0.15) is 6.33 Å². The summed E-state index contributed by atoms with van der Waals surface area (Å²) in [7, 11) is 0. The first-order valence-electron chi connectivity index (χ1n) is 6.14. The van der Waals surface area contributed by atoms with Gasteiger partial charge in [0.15, 0.2) is 0 Å². The topological polar surface area (TPSA) is 84.7 Å². The van der Waals surface area contributed by atoms with Gasteiger partial charge in [-0.15, -0.1) is 5.10 Å². The molecular formula is C12H16N6O. The lowest BCUT2D eigenvalue weighted by Crippen LogP contribution is -2.32. The van der Waals surface area contributed by atoms with Crippen molar-refractivity contribution in [3.05, 3.63) is 36.2 Å². The number of benzene rings is 1. The van der Waals surface area contributed by atoms with E-state index in [2.05, 4.69) is 26.2 Å². The van der Waals surface area contributed by atoms with Crippen molar-refractivity contribution in [1.29, 1.82) is 0 Å². The fraction of sp³-hybridized carbons (Fsp3) is 0.333. The van der Waals surface area contributed by atoms with Gasteiger partial charge in [0, 0.05) is 13.1 Å². The first kappa shape index (κ1) is 13.2. The summed E-state index contributed by atoms with van der Waals surface area (Å²) in [5.41, 5.74) is 1.21. The largest absolute Gasteiger partial charge is 0.351 e. The summed E-state index contributed by atoms with van der Waals surface area (Å²) in [4.78, 5) is 12.1. The molecule has 0 radical (unpaired) electrons. The van der Waals surface area contributed by atoms with Crippen LogP contribution in [0, 0.1) is 0 Å². The molecule has 1 aromatic carbocycles. The minimum Gasteiger partial charge on any atom is -0.351 e. The maximum Gasteiger partial charge on any atom is 0.253 e. The highest BCUT2D eigenvalue weighted by atomic mass is 16.1. The molecule has 2 rings (SSSR count). The molecule has 0 aliphatic rings. The third-order valence-electron chi connectivity index (χ3n) is 2.58. The van der Waals surface area contributed by atoms with Gasteiger partial charge in [-0.1, -0.05) is 19.1 Å². The molecular weight excluding hydrogens is 244 g/mol. The van der Waals surface area contributed by atoms with Crippen molar-refractivity contribution >= 4 is 5.91 Å². The second-order valence-corrected chi connectivity index (χ2v) is 3.88. The van der Waals surface area contributed by atoms with E-state index in [0.29, 0.717) is 17.8 Å². The molecule has 1 amide bonds. The maximum atomic E-state index is 12.1. The number of nitrogens with zero attached hydrogens (tertiary/aromatic N) is 4. The Morgan fingerprint density at radius 1 is 1.32 bits per heavy atom. The van der Waals surface area contributed by atoms with Crippen molar-refractivity contribution in [2.45, 2.75) is 6.92 Å². The van der Waals surface area contributed by atoms with E-state index in [4.69, 9.17) is 0 Å². The Morgan fingerprint density at radius 2 is 2.16 bits per heavy atom. The second kappa shape index (κ2) is 6.60. The predicted molar refractivity (Wildman–Crippen MR) is 70.0 cm³/mol. The molecule has 0 spiro atoms. The van der Waals surface area contributed by atoms with Crippen LogP contribution in [0.2, 0.25) is 0 Å². The van der Waals surface area contributed by atoms with Gasteiger partial charge in [-0.05, 0) is 29.1 Å². The number of likely N-dealkylation sites (N-methyl/N-ethyl adjacent to an activating group) is 1. The fourth-order valence-electron chi connectivity index (χ4n) is 1.67. The molecule has 0 saturated carbocycles. The molecule has 7 nitrogen and oxygen atoms in total. The normalized spacial score (nSPS) is 10.4. The molecule has 0 saturated heterocycles. The summed E-state index contributed by atoms with van der Waals surface area (Å²) in [5.74, 6) is -0.135. The van der Waals surface area contributed by atoms with Gasteiger partial charge < -0.3 is 10.6 Å². The molecule has 7 heteroatoms. The Morgan fingerprint density at radius 3 is 2.89 bits per heavy atom. The molecule has 2 N–H and O–H groups in total. The van der Waals surface area contributed by atoms with Gasteiger partial charge in [-0.3, -0.25) is 4.79 Å². The summed E-state index contributed by atoms with van der Waals surface area (Å²) < 4.78 is 1.47. The molecule has 1 aromatic heterocycles. The number of tetrazole rings is 1. The van der Waals surface area contributed by atoms with Crippen molar-refractivity contribution < 1.29 is 4.79 Å². The zero-order valence-corrected chi connectivity index (χ0v) is 10.7. The van der Waals surface area contributed by atoms with E-state index in [1.807, 2.05) is 19.1 Å². The van der Waals surface area contributed by atoms with Crippen LogP contribution in [0.5, 0.6) is 0 Å². The summed E-state index contributed by atoms with van der Waals surface area (Å²) in [5, 5.41) is 17.0. The van der Waals surface area contributed by atoms with Crippen LogP contribution in [0.1, 0.15) is 17.3 Å². The van der Waals surface area contributed by atoms with Crippen molar-refractivity contribution in [2.75, 3.05) is 19.6 Å². The van der Waals surface area contributed by atoms with Gasteiger partial charge in [0.25, 0.3) is 5.91 Å². The smallest absolute Gasteiger partial charge is 0.253 e. The quantitative estimate of drug-likeness (QED) is 0.714. The van der Waals surface area contributed by atoms with E-state index in [9.17, 15) is 4.79 Å². The highest BCUT2D eigenvalue weighted by molar-refractivity contribution is 5.97. The summed E-state index contributed by atoms with van der Waals surface area (Å²) in [6.45, 7) is 4.23. The van der Waals surface area contributed by atoms with Gasteiger partial charge in [0.2, 0.25) is 0 Å². The molecule has 19 heavy (non-hydrogen) atoms. The van der Waals surface area contributed by atoms with E-state index >= 15 is 0 Å². The standard InChI is InChI=1S/C12H16N6O/c1-2-13-7-8-14-12(19)10-5-3-4-6-11(10)18-9-15-16-17-18/h3-6,9,13H,2,7-8H2,1H3,(H,14,19). The third-order valence-corrected chi connectivity index (χ3v) is 2.58. The van der Waals surface area contributed by atoms with Gasteiger partial charge >= 0.3 is 0 Å². The fourth-order valence-corrected chi connectivity index (χ4v) is 1.67. The number of amides is 1. The van der Waals surface area contributed by atoms with Crippen LogP contribution in [0.25, 0.3) is 5.69 Å². The maximum absolute atomic E-state index is 12.1. The lowest BCUT2D eigenvalue weighted by Gasteiger charge is -2.09. The molecule has 0 fully saturated rings. The van der Waals surface area contributed by atoms with E-state index in [0.717, 1.165) is 13.1 Å². The Hall–Kier alpha value is -2.28. The zero-order valence-electron chi connectivity index (χ0n) is 10.7. The van der Waals surface area contributed by atoms with E-state index in [-0.39, 0.29) is 5.91 Å². The second-order valence-electron chi connectivity index (χ2n) is 3.88. The Kier molecular flexibility index (Phi) is 4.57. The average Bonchev–Trinajstić information content (AvgIpc) is 2.97. The highest BCUT2D eigenvalue weighted by Crippen LogP contribution is 2.12. The third kappa shape index (κ3) is 3.35. The first-order valence-corrected chi connectivity index (χ1v) is 6.14. The van der Waals surface area contributed by atoms with Crippen molar-refractivity contribution in [2.24, 2.45) is 0 Å². The van der Waals surface area contributed by atoms with E-state index < -0.39 is 0 Å². The lowest BCUT2D eigenvalue weighted by atomic mass is 10.1. The van der Waals surface area contributed by atoms with Crippen LogP contribution < -0.4 is 10.6 Å². The van der Waals surface area contributed by atoms with Crippen molar-refractivity contribution in [3.8, 4) is 5.69 Å². The Bertz CT molecular complexity index is 525. The SMILES string of the molecule is CCNCCNC(=O)c1ccccc1-n1cnnn1. The van der Waals surface area contributed by atoms with Crippen LogP contribution in [0.4, 0.5) is 0 Å². The number of carbonyl (C=O) groups excluding carboxylic acids is 1. The van der Waals surface area contributed by atoms with Gasteiger partial charge in [-0.2, -0.15) is 4.68 Å². The Balaban J connectivity index is 2.09. The van der Waals surface area contributed by atoms with Crippen LogP contribution >= 0.6 is 0 Å². The minimum atomic E-state index is -0.135. The lowest BCUT2D eigenvalue weighted by molar-refractivity contribution is 0.0954. The number of para-hydroxylation sites is 1. The molecule has 0 unspecified atom stereocenters. The average molecular weight is 260 g/mol. The Labute approximate surface area is 111 Å². The van der Waals surface area contributed by atoms with Crippen LogP contribution in [0.3, 0.4) is 0 Å². The van der Waals surface area contributed by atoms with E-state index in [1.165, 1.54) is 11.0 Å². The summed E-state index contributed by atoms with van der Waals surface area (Å²) >= 11 is 0. The number of carbonyl (C=O) groups is 1. The summed E-state index contributed by atoms with van der Waals surface area (Å²) in [6, 6.07) is 7.20. The van der Waals surface area contributed by atoms with E-state index in [1.54, 1.807) is 12.1 Å². The number of aromatic nitrogens is 4. The first-order chi connectivity index (χ1) is 9.33. The van der Waals surface area contributed by atoms with Crippen LogP contribution in [-0.4, -0.2) is 45.7 Å². The molecule has 0 atom stereocenters. The molecule has 1 heterocycles. The van der Waals surface area contributed by atoms with Crippen LogP contribution in [0.15, 0.2) is 30.6 Å². The number of hydrogen-bond donors (Lipinski definition) is 2. The zero-order chi connectivity index (χ0) is 13.5. The number of hydrogen-bond acceptors (Lipinski definition) is 5. The predicted octanol–water partition coefficient (Wildman–Crippen LogP) is 0.00160. The van der Waals surface area contributed by atoms with Crippen molar-refractivity contribution in [3.63, 3.8) is 0 Å². The highest BCUT2D eigenvalue weighted by Gasteiger charge is 2.12. The molecule has 0 aliphatic carbocycles. The monoisotopic (exact) mass is 260 g/mol. The summed E-state index contributed by atoms with van der Waals surface area (Å²) in [6.07, 6.45) is 1.46. The van der Waals surface area contributed by atoms with Gasteiger partial charge in [0.05, 0.1) is 11.3 Å². The van der Waals surface area contributed by atoms with Crippen molar-refractivity contribution in [1.82, 2.24) is 30.8 Å². The molecule has 100 valence electrons. The number of rotatable bonds is 6. The van der Waals surface area contributed by atoms with Crippen LogP contribution in [-0.2, 0) is 0 Å². The molecule has 0 aliphatic heterocycles. The minimum absolute atomic E-state index is 0.135.